The second-order valence-electron chi connectivity index (χ2n) is 5.07. The highest BCUT2D eigenvalue weighted by Crippen LogP contribution is 2.18. The molecule has 0 atom stereocenters. The molecule has 0 saturated heterocycles. The van der Waals surface area contributed by atoms with E-state index in [1.54, 1.807) is 0 Å². The van der Waals surface area contributed by atoms with Crippen LogP contribution in [0, 0.1) is 0 Å². The van der Waals surface area contributed by atoms with Crippen molar-refractivity contribution in [1.82, 2.24) is 10.6 Å². The maximum absolute atomic E-state index is 11.7. The fourth-order valence-corrected chi connectivity index (χ4v) is 1.73. The number of unbranched alkanes of at least 4 members (excludes halogenated alkanes) is 1. The molecule has 0 aliphatic heterocycles. The van der Waals surface area contributed by atoms with Gasteiger partial charge in [0.2, 0.25) is 0 Å². The molecule has 0 bridgehead atoms. The Kier molecular flexibility index (Phi) is 7.29. The van der Waals surface area contributed by atoms with Crippen LogP contribution in [0.4, 0.5) is 0 Å². The molecule has 1 rings (SSSR count). The van der Waals surface area contributed by atoms with Crippen molar-refractivity contribution >= 4 is 11.8 Å². The molecular formula is C16H24N2O3. The quantitative estimate of drug-likeness (QED) is 0.596. The molecular weight excluding hydrogens is 268 g/mol. The van der Waals surface area contributed by atoms with Crippen molar-refractivity contribution in [3.05, 3.63) is 29.8 Å². The van der Waals surface area contributed by atoms with E-state index in [1.807, 2.05) is 45.0 Å². The minimum absolute atomic E-state index is 0.0548. The van der Waals surface area contributed by atoms with Crippen LogP contribution in [0.1, 0.15) is 39.2 Å². The van der Waals surface area contributed by atoms with Crippen LogP contribution < -0.4 is 15.4 Å². The van der Waals surface area contributed by atoms with Gasteiger partial charge in [0, 0.05) is 18.7 Å². The number of para-hydroxylation sites is 1. The summed E-state index contributed by atoms with van der Waals surface area (Å²) in [6, 6.07) is 7.46. The molecule has 1 aromatic rings. The predicted octanol–water partition coefficient (Wildman–Crippen LogP) is 2.01. The largest absolute Gasteiger partial charge is 0.491 e. The van der Waals surface area contributed by atoms with E-state index >= 15 is 0 Å². The third kappa shape index (κ3) is 6.29. The number of nitrogens with one attached hydrogen (secondary N) is 2. The van der Waals surface area contributed by atoms with Gasteiger partial charge in [0.1, 0.15) is 5.75 Å². The first-order valence-corrected chi connectivity index (χ1v) is 7.35. The molecule has 0 aromatic heterocycles. The van der Waals surface area contributed by atoms with Crippen molar-refractivity contribution in [1.29, 1.82) is 0 Å². The first kappa shape index (κ1) is 17.0. The number of hydrogen-bond donors (Lipinski definition) is 2. The van der Waals surface area contributed by atoms with Crippen LogP contribution in [0.15, 0.2) is 24.3 Å². The minimum atomic E-state index is -0.620. The molecule has 0 saturated carbocycles. The van der Waals surface area contributed by atoms with Crippen LogP contribution in [-0.4, -0.2) is 24.5 Å². The Balaban J connectivity index is 2.51. The van der Waals surface area contributed by atoms with Gasteiger partial charge in [-0.05, 0) is 26.3 Å². The highest BCUT2D eigenvalue weighted by Gasteiger charge is 2.13. The van der Waals surface area contributed by atoms with Gasteiger partial charge in [0.15, 0.2) is 0 Å². The first-order chi connectivity index (χ1) is 10.0. The standard InChI is InChI=1S/C16H24N2O3/c1-4-5-10-17-15(19)16(20)18-11-13-8-6-7-9-14(13)21-12(2)3/h6-9,12H,4-5,10-11H2,1-3H3,(H,17,19)(H,18,20). The Morgan fingerprint density at radius 2 is 1.81 bits per heavy atom. The average Bonchev–Trinajstić information content (AvgIpc) is 2.45. The van der Waals surface area contributed by atoms with Gasteiger partial charge in [-0.25, -0.2) is 0 Å². The number of carbonyl (C=O) groups excluding carboxylic acids is 2. The molecule has 21 heavy (non-hydrogen) atoms. The third-order valence-corrected chi connectivity index (χ3v) is 2.80. The van der Waals surface area contributed by atoms with Gasteiger partial charge in [-0.3, -0.25) is 9.59 Å². The summed E-state index contributed by atoms with van der Waals surface area (Å²) in [5.41, 5.74) is 0.848. The van der Waals surface area contributed by atoms with Crippen molar-refractivity contribution in [2.45, 2.75) is 46.3 Å². The average molecular weight is 292 g/mol. The molecule has 0 unspecified atom stereocenters. The summed E-state index contributed by atoms with van der Waals surface area (Å²) >= 11 is 0. The van der Waals surface area contributed by atoms with Gasteiger partial charge in [-0.2, -0.15) is 0 Å². The Morgan fingerprint density at radius 3 is 2.48 bits per heavy atom. The van der Waals surface area contributed by atoms with Gasteiger partial charge < -0.3 is 15.4 Å². The highest BCUT2D eigenvalue weighted by molar-refractivity contribution is 6.35. The molecule has 0 heterocycles. The molecule has 0 aliphatic carbocycles. The van der Waals surface area contributed by atoms with Gasteiger partial charge in [-0.15, -0.1) is 0 Å². The van der Waals surface area contributed by atoms with E-state index in [0.29, 0.717) is 6.54 Å². The van der Waals surface area contributed by atoms with Crippen LogP contribution in [0.25, 0.3) is 0 Å². The molecule has 0 spiro atoms. The second kappa shape index (κ2) is 9.00. The number of rotatable bonds is 7. The van der Waals surface area contributed by atoms with Crippen LogP contribution in [0.5, 0.6) is 5.75 Å². The van der Waals surface area contributed by atoms with Crippen LogP contribution >= 0.6 is 0 Å². The molecule has 2 N–H and O–H groups in total. The molecule has 0 aliphatic rings. The van der Waals surface area contributed by atoms with Crippen molar-refractivity contribution in [2.75, 3.05) is 6.54 Å². The zero-order valence-electron chi connectivity index (χ0n) is 12.9. The van der Waals surface area contributed by atoms with Gasteiger partial charge in [0.25, 0.3) is 0 Å². The number of carbonyl (C=O) groups is 2. The minimum Gasteiger partial charge on any atom is -0.491 e. The summed E-state index contributed by atoms with van der Waals surface area (Å²) in [5.74, 6) is -0.490. The van der Waals surface area contributed by atoms with Crippen LogP contribution in [0.3, 0.4) is 0 Å². The summed E-state index contributed by atoms with van der Waals surface area (Å²) in [4.78, 5) is 23.2. The lowest BCUT2D eigenvalue weighted by Gasteiger charge is -2.14. The van der Waals surface area contributed by atoms with Gasteiger partial charge >= 0.3 is 11.8 Å². The SMILES string of the molecule is CCCCNC(=O)C(=O)NCc1ccccc1OC(C)C. The molecule has 116 valence electrons. The van der Waals surface area contributed by atoms with Gasteiger partial charge in [-0.1, -0.05) is 31.5 Å². The lowest BCUT2D eigenvalue weighted by atomic mass is 10.2. The zero-order chi connectivity index (χ0) is 15.7. The maximum atomic E-state index is 11.7. The third-order valence-electron chi connectivity index (χ3n) is 2.80. The van der Waals surface area contributed by atoms with E-state index in [4.69, 9.17) is 4.74 Å². The van der Waals surface area contributed by atoms with Crippen molar-refractivity contribution in [2.24, 2.45) is 0 Å². The lowest BCUT2D eigenvalue weighted by Crippen LogP contribution is -2.39. The van der Waals surface area contributed by atoms with Crippen LogP contribution in [-0.2, 0) is 16.1 Å². The Bertz CT molecular complexity index is 472. The smallest absolute Gasteiger partial charge is 0.309 e. The van der Waals surface area contributed by atoms with E-state index in [9.17, 15) is 9.59 Å². The molecule has 1 aromatic carbocycles. The fraction of sp³-hybridized carbons (Fsp3) is 0.500. The lowest BCUT2D eigenvalue weighted by molar-refractivity contribution is -0.139. The molecule has 5 nitrogen and oxygen atoms in total. The number of benzene rings is 1. The van der Waals surface area contributed by atoms with Crippen molar-refractivity contribution < 1.29 is 14.3 Å². The highest BCUT2D eigenvalue weighted by atomic mass is 16.5. The van der Waals surface area contributed by atoms with Gasteiger partial charge in [0.05, 0.1) is 6.10 Å². The molecule has 0 fully saturated rings. The van der Waals surface area contributed by atoms with Crippen molar-refractivity contribution in [3.8, 4) is 5.75 Å². The normalized spacial score (nSPS) is 10.3. The van der Waals surface area contributed by atoms with E-state index in [1.165, 1.54) is 0 Å². The summed E-state index contributed by atoms with van der Waals surface area (Å²) < 4.78 is 5.67. The van der Waals surface area contributed by atoms with E-state index in [-0.39, 0.29) is 12.6 Å². The second-order valence-corrected chi connectivity index (χ2v) is 5.07. The zero-order valence-corrected chi connectivity index (χ0v) is 12.9. The maximum Gasteiger partial charge on any atom is 0.309 e. The number of ether oxygens (including phenoxy) is 1. The monoisotopic (exact) mass is 292 g/mol. The topological polar surface area (TPSA) is 67.4 Å². The molecule has 2 amide bonds. The summed E-state index contributed by atoms with van der Waals surface area (Å²) in [5, 5.41) is 5.19. The Labute approximate surface area is 126 Å². The molecule has 5 heteroatoms. The Morgan fingerprint density at radius 1 is 1.14 bits per heavy atom. The summed E-state index contributed by atoms with van der Waals surface area (Å²) in [6.07, 6.45) is 1.89. The molecule has 0 radical (unpaired) electrons. The predicted molar refractivity (Wildman–Crippen MR) is 82.0 cm³/mol. The summed E-state index contributed by atoms with van der Waals surface area (Å²) in [6.45, 7) is 6.70. The first-order valence-electron chi connectivity index (χ1n) is 7.35. The van der Waals surface area contributed by atoms with Crippen molar-refractivity contribution in [3.63, 3.8) is 0 Å². The number of hydrogen-bond acceptors (Lipinski definition) is 3. The Hall–Kier alpha value is -2.04. The van der Waals surface area contributed by atoms with E-state index in [2.05, 4.69) is 10.6 Å². The van der Waals surface area contributed by atoms with E-state index < -0.39 is 11.8 Å². The fourth-order valence-electron chi connectivity index (χ4n) is 1.73. The van der Waals surface area contributed by atoms with E-state index in [0.717, 1.165) is 24.2 Å². The number of amides is 2. The van der Waals surface area contributed by atoms with Crippen LogP contribution in [0.2, 0.25) is 0 Å². The summed E-state index contributed by atoms with van der Waals surface area (Å²) in [7, 11) is 0.